The molecule has 2 N–H and O–H groups in total. The summed E-state index contributed by atoms with van der Waals surface area (Å²) in [7, 11) is 0. The van der Waals surface area contributed by atoms with E-state index < -0.39 is 11.9 Å². The number of nitrogens with zero attached hydrogens (tertiary/aromatic N) is 1. The van der Waals surface area contributed by atoms with Crippen LogP contribution in [-0.4, -0.2) is 30.2 Å². The number of halogens is 1. The summed E-state index contributed by atoms with van der Waals surface area (Å²) in [5.41, 5.74) is 1.49. The molecule has 0 aromatic heterocycles. The Morgan fingerprint density at radius 2 is 2.24 bits per heavy atom. The van der Waals surface area contributed by atoms with Crippen molar-refractivity contribution in [2.24, 2.45) is 5.92 Å². The number of fused-ring (bicyclic) bond motifs is 1. The molecule has 1 aromatic rings. The van der Waals surface area contributed by atoms with E-state index in [4.69, 9.17) is 5.11 Å². The standard InChI is InChI=1S/C15H19FN2O3/c1-2-3-11(14(19)20)9-17-15(21)18-7-6-10-4-5-12(16)8-13(10)18/h4-5,8,11H,2-3,6-7,9H2,1H3,(H,17,21)(H,19,20). The number of rotatable bonds is 5. The highest BCUT2D eigenvalue weighted by molar-refractivity contribution is 5.94. The maximum atomic E-state index is 13.3. The fraction of sp³-hybridized carbons (Fsp3) is 0.467. The Kier molecular flexibility index (Phi) is 4.77. The lowest BCUT2D eigenvalue weighted by molar-refractivity contribution is -0.141. The first kappa shape index (κ1) is 15.3. The third kappa shape index (κ3) is 3.51. The zero-order valence-corrected chi connectivity index (χ0v) is 11.9. The van der Waals surface area contributed by atoms with E-state index in [1.807, 2.05) is 6.92 Å². The number of carboxylic acid groups (broad SMARTS) is 1. The van der Waals surface area contributed by atoms with Gasteiger partial charge in [-0.05, 0) is 30.5 Å². The van der Waals surface area contributed by atoms with Gasteiger partial charge in [-0.25, -0.2) is 9.18 Å². The van der Waals surface area contributed by atoms with E-state index in [1.165, 1.54) is 17.0 Å². The fourth-order valence-electron chi connectivity index (χ4n) is 2.53. The van der Waals surface area contributed by atoms with Crippen LogP contribution in [0.15, 0.2) is 18.2 Å². The molecule has 1 heterocycles. The first-order valence-electron chi connectivity index (χ1n) is 7.09. The van der Waals surface area contributed by atoms with Crippen molar-refractivity contribution in [1.29, 1.82) is 0 Å². The molecule has 5 nitrogen and oxygen atoms in total. The van der Waals surface area contributed by atoms with Crippen LogP contribution < -0.4 is 10.2 Å². The van der Waals surface area contributed by atoms with Crippen LogP contribution in [0.5, 0.6) is 0 Å². The lowest BCUT2D eigenvalue weighted by atomic mass is 10.0. The minimum atomic E-state index is -0.912. The van der Waals surface area contributed by atoms with Crippen molar-refractivity contribution in [3.63, 3.8) is 0 Å². The van der Waals surface area contributed by atoms with E-state index in [2.05, 4.69) is 5.32 Å². The van der Waals surface area contributed by atoms with E-state index in [-0.39, 0.29) is 18.4 Å². The third-order valence-corrected chi connectivity index (χ3v) is 3.67. The second-order valence-corrected chi connectivity index (χ2v) is 5.18. The van der Waals surface area contributed by atoms with Crippen LogP contribution in [0.1, 0.15) is 25.3 Å². The average Bonchev–Trinajstić information content (AvgIpc) is 2.85. The van der Waals surface area contributed by atoms with Gasteiger partial charge in [0.05, 0.1) is 11.6 Å². The van der Waals surface area contributed by atoms with Crippen LogP contribution in [0.25, 0.3) is 0 Å². The van der Waals surface area contributed by atoms with Crippen LogP contribution in [0.2, 0.25) is 0 Å². The molecule has 0 aliphatic carbocycles. The number of nitrogens with one attached hydrogen (secondary N) is 1. The number of aliphatic carboxylic acids is 1. The highest BCUT2D eigenvalue weighted by atomic mass is 19.1. The molecule has 0 fully saturated rings. The van der Waals surface area contributed by atoms with Gasteiger partial charge in [0, 0.05) is 13.1 Å². The molecule has 1 aliphatic rings. The summed E-state index contributed by atoms with van der Waals surface area (Å²) in [4.78, 5) is 24.7. The van der Waals surface area contributed by atoms with E-state index in [1.54, 1.807) is 6.07 Å². The molecule has 114 valence electrons. The van der Waals surface area contributed by atoms with Crippen molar-refractivity contribution in [2.45, 2.75) is 26.2 Å². The first-order chi connectivity index (χ1) is 10.0. The maximum Gasteiger partial charge on any atom is 0.321 e. The maximum absolute atomic E-state index is 13.3. The monoisotopic (exact) mass is 294 g/mol. The minimum absolute atomic E-state index is 0.0865. The number of hydrogen-bond acceptors (Lipinski definition) is 2. The smallest absolute Gasteiger partial charge is 0.321 e. The van der Waals surface area contributed by atoms with Gasteiger partial charge in [-0.3, -0.25) is 9.69 Å². The van der Waals surface area contributed by atoms with Gasteiger partial charge in [0.15, 0.2) is 0 Å². The van der Waals surface area contributed by atoms with Crippen molar-refractivity contribution in [1.82, 2.24) is 5.32 Å². The lowest BCUT2D eigenvalue weighted by Gasteiger charge is -2.20. The van der Waals surface area contributed by atoms with Crippen LogP contribution in [0.4, 0.5) is 14.9 Å². The Bertz CT molecular complexity index is 548. The largest absolute Gasteiger partial charge is 0.481 e. The molecule has 21 heavy (non-hydrogen) atoms. The van der Waals surface area contributed by atoms with Gasteiger partial charge in [-0.1, -0.05) is 19.4 Å². The Hall–Kier alpha value is -2.11. The number of urea groups is 1. The van der Waals surface area contributed by atoms with Crippen molar-refractivity contribution >= 4 is 17.7 Å². The molecule has 0 saturated carbocycles. The molecule has 0 saturated heterocycles. The highest BCUT2D eigenvalue weighted by Gasteiger charge is 2.26. The average molecular weight is 294 g/mol. The molecule has 1 aromatic carbocycles. The van der Waals surface area contributed by atoms with Gasteiger partial charge in [0.1, 0.15) is 5.82 Å². The van der Waals surface area contributed by atoms with E-state index >= 15 is 0 Å². The number of anilines is 1. The number of hydrogen-bond donors (Lipinski definition) is 2. The molecule has 2 amide bonds. The van der Waals surface area contributed by atoms with Gasteiger partial charge in [0.2, 0.25) is 0 Å². The summed E-state index contributed by atoms with van der Waals surface area (Å²) in [5, 5.41) is 11.7. The quantitative estimate of drug-likeness (QED) is 0.876. The van der Waals surface area contributed by atoms with Crippen LogP contribution in [0, 0.1) is 11.7 Å². The zero-order chi connectivity index (χ0) is 15.4. The summed E-state index contributed by atoms with van der Waals surface area (Å²) >= 11 is 0. The van der Waals surface area contributed by atoms with Crippen LogP contribution >= 0.6 is 0 Å². The van der Waals surface area contributed by atoms with Gasteiger partial charge in [0.25, 0.3) is 0 Å². The van der Waals surface area contributed by atoms with Gasteiger partial charge in [-0.2, -0.15) is 0 Å². The van der Waals surface area contributed by atoms with Crippen molar-refractivity contribution in [3.8, 4) is 0 Å². The molecule has 6 heteroatoms. The topological polar surface area (TPSA) is 69.6 Å². The zero-order valence-electron chi connectivity index (χ0n) is 11.9. The number of carboxylic acids is 1. The van der Waals surface area contributed by atoms with Gasteiger partial charge >= 0.3 is 12.0 Å². The normalized spacial score (nSPS) is 14.7. The third-order valence-electron chi connectivity index (χ3n) is 3.67. The first-order valence-corrected chi connectivity index (χ1v) is 7.09. The molecule has 1 aliphatic heterocycles. The highest BCUT2D eigenvalue weighted by Crippen LogP contribution is 2.28. The summed E-state index contributed by atoms with van der Waals surface area (Å²) in [6.07, 6.45) is 1.94. The second kappa shape index (κ2) is 6.56. The number of carbonyl (C=O) groups is 2. The molecule has 1 unspecified atom stereocenters. The Morgan fingerprint density at radius 3 is 2.90 bits per heavy atom. The van der Waals surface area contributed by atoms with E-state index in [9.17, 15) is 14.0 Å². The molecule has 1 atom stereocenters. The summed E-state index contributed by atoms with van der Waals surface area (Å²) < 4.78 is 13.3. The van der Waals surface area contributed by atoms with E-state index in [0.717, 1.165) is 12.0 Å². The Labute approximate surface area is 122 Å². The summed E-state index contributed by atoms with van der Waals surface area (Å²) in [6.45, 7) is 2.47. The van der Waals surface area contributed by atoms with Crippen LogP contribution in [-0.2, 0) is 11.2 Å². The molecular formula is C15H19FN2O3. The van der Waals surface area contributed by atoms with Crippen LogP contribution in [0.3, 0.4) is 0 Å². The second-order valence-electron chi connectivity index (χ2n) is 5.18. The number of carbonyl (C=O) groups excluding carboxylic acids is 1. The van der Waals surface area contributed by atoms with Crippen molar-refractivity contribution in [3.05, 3.63) is 29.6 Å². The van der Waals surface area contributed by atoms with Crippen molar-refractivity contribution in [2.75, 3.05) is 18.0 Å². The summed E-state index contributed by atoms with van der Waals surface area (Å²) in [6, 6.07) is 4.02. The molecule has 0 bridgehead atoms. The molecule has 0 spiro atoms. The predicted octanol–water partition coefficient (Wildman–Crippen LogP) is 2.40. The van der Waals surface area contributed by atoms with E-state index in [0.29, 0.717) is 25.1 Å². The molecule has 0 radical (unpaired) electrons. The van der Waals surface area contributed by atoms with Crippen molar-refractivity contribution < 1.29 is 19.1 Å². The molecular weight excluding hydrogens is 275 g/mol. The van der Waals surface area contributed by atoms with Gasteiger partial charge in [-0.15, -0.1) is 0 Å². The fourth-order valence-corrected chi connectivity index (χ4v) is 2.53. The molecule has 2 rings (SSSR count). The summed E-state index contributed by atoms with van der Waals surface area (Å²) in [5.74, 6) is -1.89. The van der Waals surface area contributed by atoms with Gasteiger partial charge < -0.3 is 10.4 Å². The number of amides is 2. The SMILES string of the molecule is CCCC(CNC(=O)N1CCc2ccc(F)cc21)C(=O)O. The Morgan fingerprint density at radius 1 is 1.48 bits per heavy atom. The Balaban J connectivity index is 1.99. The minimum Gasteiger partial charge on any atom is -0.481 e. The number of benzene rings is 1. The predicted molar refractivity (Wildman–Crippen MR) is 76.9 cm³/mol. The lowest BCUT2D eigenvalue weighted by Crippen LogP contribution is -2.42.